The Morgan fingerprint density at radius 2 is 0.500 bits per heavy atom. The van der Waals surface area contributed by atoms with Gasteiger partial charge in [0.1, 0.15) is 0 Å². The molecule has 4 heavy (non-hydrogen) atoms. The average molecular weight is 68.2 g/mol. The van der Waals surface area contributed by atoms with E-state index in [2.05, 4.69) is 0 Å². The van der Waals surface area contributed by atoms with E-state index in [4.69, 9.17) is 0 Å². The van der Waals surface area contributed by atoms with Gasteiger partial charge in [-0.2, -0.15) is 0 Å². The molecule has 0 nitrogen and oxygen atoms in total. The Balaban J connectivity index is 0. The fourth-order valence-corrected chi connectivity index (χ4v) is 0. The minimum absolute atomic E-state index is 0. The Bertz CT molecular complexity index is 5.51. The van der Waals surface area contributed by atoms with E-state index in [0.717, 1.165) is 0 Å². The van der Waals surface area contributed by atoms with Gasteiger partial charge in [0.05, 0.1) is 0 Å². The second-order valence-electron chi connectivity index (χ2n) is 0. The van der Waals surface area contributed by atoms with Crippen molar-refractivity contribution in [2.24, 2.45) is 0 Å². The molecule has 0 atom stereocenters. The number of hydrogen-bond acceptors (Lipinski definition) is 0. The maximum Gasteiger partial charge on any atom is 0 e. The summed E-state index contributed by atoms with van der Waals surface area (Å²) >= 11 is 0. The van der Waals surface area contributed by atoms with E-state index in [-0.39, 0.29) is 32.6 Å². The molecule has 0 unspecified atom stereocenters. The van der Waals surface area contributed by atoms with E-state index in [9.17, 15) is 0 Å². The van der Waals surface area contributed by atoms with Gasteiger partial charge in [-0.05, 0) is 0 Å². The van der Waals surface area contributed by atoms with Crippen LogP contribution in [-0.2, 0) is 0 Å². The maximum atomic E-state index is 0. The van der Waals surface area contributed by atoms with Gasteiger partial charge in [0.15, 0.2) is 0 Å². The Morgan fingerprint density at radius 3 is 0.500 bits per heavy atom. The van der Waals surface area contributed by atoms with Crippen LogP contribution in [0.1, 0.15) is 32.6 Å². The topological polar surface area (TPSA) is 0 Å². The SMILES string of the molecule is C.C.C.C.[HH].[HH]. The summed E-state index contributed by atoms with van der Waals surface area (Å²) in [4.78, 5) is 0. The van der Waals surface area contributed by atoms with Crippen molar-refractivity contribution in [2.45, 2.75) is 29.7 Å². The van der Waals surface area contributed by atoms with Crippen LogP contribution in [0.25, 0.3) is 0 Å². The molecule has 0 aromatic carbocycles. The zero-order valence-electron chi connectivity index (χ0n) is 0. The van der Waals surface area contributed by atoms with Crippen molar-refractivity contribution in [1.82, 2.24) is 0 Å². The number of rotatable bonds is 0. The van der Waals surface area contributed by atoms with E-state index < -0.39 is 0 Å². The van der Waals surface area contributed by atoms with Crippen molar-refractivity contribution in [3.05, 3.63) is 0 Å². The summed E-state index contributed by atoms with van der Waals surface area (Å²) in [6.07, 6.45) is 0. The molecule has 0 bridgehead atoms. The highest BCUT2D eigenvalue weighted by atomic mass is 12.0. The Kier molecular flexibility index (Phi) is 0. The first-order chi connectivity index (χ1) is 0. The lowest BCUT2D eigenvalue weighted by atomic mass is 12.0. The Hall–Kier alpha value is 0. The monoisotopic (exact) mass is 68.2 g/mol. The lowest BCUT2D eigenvalue weighted by Gasteiger charge is -0.0786. The molecule has 0 heterocycles. The van der Waals surface area contributed by atoms with Crippen molar-refractivity contribution in [2.75, 3.05) is 0 Å². The van der Waals surface area contributed by atoms with Gasteiger partial charge in [0.25, 0.3) is 0 Å². The summed E-state index contributed by atoms with van der Waals surface area (Å²) < 4.78 is 0. The first-order valence-corrected chi connectivity index (χ1v) is 0. The molecule has 0 N–H and O–H groups in total. The summed E-state index contributed by atoms with van der Waals surface area (Å²) in [5, 5.41) is 0. The molecule has 0 spiro atoms. The highest BCUT2D eigenvalue weighted by Crippen LogP contribution is 0.147. The molecule has 0 heteroatoms. The van der Waals surface area contributed by atoms with Crippen LogP contribution in [0, 0.1) is 0 Å². The van der Waals surface area contributed by atoms with Crippen molar-refractivity contribution in [3.63, 3.8) is 0 Å². The van der Waals surface area contributed by atoms with Crippen molar-refractivity contribution >= 4 is 0 Å². The molecular weight excluding hydrogens is 48.0 g/mol. The van der Waals surface area contributed by atoms with E-state index in [1.807, 2.05) is 0 Å². The first-order valence-electron chi connectivity index (χ1n) is 0. The van der Waals surface area contributed by atoms with Crippen LogP contribution in [0.15, 0.2) is 0 Å². The predicted molar refractivity (Wildman–Crippen MR) is 31.2 cm³/mol. The van der Waals surface area contributed by atoms with Gasteiger partial charge in [-0.3, -0.25) is 0 Å². The molecule has 0 rings (SSSR count). The summed E-state index contributed by atoms with van der Waals surface area (Å²) in [5.74, 6) is 0. The predicted octanol–water partition coefficient (Wildman–Crippen LogP) is 3.04. The highest BCUT2D eigenvalue weighted by molar-refractivity contribution is 2.51. The molecule has 0 amide bonds. The van der Waals surface area contributed by atoms with Crippen molar-refractivity contribution in [1.29, 1.82) is 0 Å². The third-order valence-electron chi connectivity index (χ3n) is 0. The van der Waals surface area contributed by atoms with E-state index >= 15 is 0 Å². The minimum atomic E-state index is 0. The molecule has 0 aromatic rings. The minimum Gasteiger partial charge on any atom is -0.0776 e. The van der Waals surface area contributed by atoms with Gasteiger partial charge in [-0.25, -0.2) is 0 Å². The standard InChI is InChI=1S/4CH4.2H2/h4*1H4;2*1H. The maximum absolute atomic E-state index is 0. The molecule has 0 fully saturated rings. The quantitative estimate of drug-likeness (QED) is 0.409. The van der Waals surface area contributed by atoms with Crippen LogP contribution in [0.3, 0.4) is 0 Å². The van der Waals surface area contributed by atoms with Crippen LogP contribution >= 0.6 is 0 Å². The first kappa shape index (κ1) is 0. The molecular formula is C4H20. The molecule has 0 radical (unpaired) electrons. The average Bonchev–Trinajstić information content (AvgIpc) is 0. The van der Waals surface area contributed by atoms with Crippen LogP contribution in [0.4, 0.5) is 0 Å². The molecule has 0 aliphatic heterocycles. The van der Waals surface area contributed by atoms with E-state index in [1.165, 1.54) is 0 Å². The van der Waals surface area contributed by atoms with Crippen LogP contribution in [0.2, 0.25) is 0 Å². The number of hydrogen-bond donors (Lipinski definition) is 0. The second-order valence-corrected chi connectivity index (χ2v) is 0. The lowest BCUT2D eigenvalue weighted by Crippen LogP contribution is 0.143. The van der Waals surface area contributed by atoms with Gasteiger partial charge in [0.2, 0.25) is 0 Å². The zero-order chi connectivity index (χ0) is 0. The third kappa shape index (κ3) is 0. The van der Waals surface area contributed by atoms with Crippen molar-refractivity contribution in [3.8, 4) is 0 Å². The van der Waals surface area contributed by atoms with Gasteiger partial charge in [-0.1, -0.05) is 29.7 Å². The Morgan fingerprint density at radius 1 is 0.500 bits per heavy atom. The highest BCUT2D eigenvalue weighted by Gasteiger charge is -0.0746. The molecule has 0 aliphatic rings. The molecule has 0 aromatic heterocycles. The fourth-order valence-electron chi connectivity index (χ4n) is 0. The third-order valence-corrected chi connectivity index (χ3v) is 0. The molecule has 36 valence electrons. The van der Waals surface area contributed by atoms with Crippen molar-refractivity contribution < 1.29 is 2.85 Å². The van der Waals surface area contributed by atoms with Crippen LogP contribution < -0.4 is 0 Å². The van der Waals surface area contributed by atoms with Crippen LogP contribution in [-0.4, -0.2) is 0 Å². The summed E-state index contributed by atoms with van der Waals surface area (Å²) in [7, 11) is 0. The molecule has 0 saturated heterocycles. The van der Waals surface area contributed by atoms with Gasteiger partial charge >= 0.3 is 0 Å². The van der Waals surface area contributed by atoms with Crippen LogP contribution in [0.5, 0.6) is 0 Å². The van der Waals surface area contributed by atoms with E-state index in [1.54, 1.807) is 0 Å². The lowest BCUT2D eigenvalue weighted by molar-refractivity contribution is 2.50. The van der Waals surface area contributed by atoms with Gasteiger partial charge < -0.3 is 0 Å². The smallest absolute Gasteiger partial charge is 0 e. The fraction of sp³-hybridized carbons (Fsp3) is 1.00. The molecule has 0 saturated carbocycles. The van der Waals surface area contributed by atoms with E-state index in [0.29, 0.717) is 0 Å². The zero-order valence-corrected chi connectivity index (χ0v) is 0. The molecule has 0 aliphatic carbocycles. The van der Waals surface area contributed by atoms with Gasteiger partial charge in [0, 0.05) is 2.85 Å². The summed E-state index contributed by atoms with van der Waals surface area (Å²) in [6.45, 7) is 0. The van der Waals surface area contributed by atoms with Gasteiger partial charge in [-0.15, -0.1) is 0 Å². The Labute approximate surface area is 33.8 Å². The largest absolute Gasteiger partial charge is 0.0776 e. The second kappa shape index (κ2) is 0. The normalized spacial score (nSPS) is 0. The summed E-state index contributed by atoms with van der Waals surface area (Å²) in [6, 6.07) is 0. The summed E-state index contributed by atoms with van der Waals surface area (Å²) in [5.41, 5.74) is 0.